The molecule has 162 valence electrons. The van der Waals surface area contributed by atoms with E-state index in [2.05, 4.69) is 10.6 Å². The summed E-state index contributed by atoms with van der Waals surface area (Å²) in [5.41, 5.74) is 2.24. The van der Waals surface area contributed by atoms with Crippen molar-refractivity contribution in [3.8, 4) is 6.07 Å². The molecular formula is C22H23ClN4O4. The molecule has 0 saturated heterocycles. The number of benzene rings is 2. The van der Waals surface area contributed by atoms with Crippen LogP contribution < -0.4 is 15.5 Å². The van der Waals surface area contributed by atoms with Crippen LogP contribution in [0.1, 0.15) is 17.5 Å². The lowest BCUT2D eigenvalue weighted by Gasteiger charge is -2.22. The van der Waals surface area contributed by atoms with Crippen molar-refractivity contribution < 1.29 is 19.1 Å². The van der Waals surface area contributed by atoms with Gasteiger partial charge in [0, 0.05) is 23.8 Å². The Hall–Kier alpha value is -3.57. The van der Waals surface area contributed by atoms with E-state index in [4.69, 9.17) is 21.6 Å². The number of carbonyl (C=O) groups excluding carboxylic acids is 3. The van der Waals surface area contributed by atoms with E-state index in [0.717, 1.165) is 11.1 Å². The number of hydrogen-bond acceptors (Lipinski definition) is 5. The monoisotopic (exact) mass is 442 g/mol. The van der Waals surface area contributed by atoms with Crippen LogP contribution in [0.3, 0.4) is 0 Å². The highest BCUT2D eigenvalue weighted by Gasteiger charge is 2.18. The largest absolute Gasteiger partial charge is 0.454 e. The van der Waals surface area contributed by atoms with E-state index in [-0.39, 0.29) is 19.5 Å². The van der Waals surface area contributed by atoms with Gasteiger partial charge in [0.25, 0.3) is 5.91 Å². The van der Waals surface area contributed by atoms with Crippen LogP contribution in [0.5, 0.6) is 0 Å². The number of nitrogens with zero attached hydrogens (tertiary/aromatic N) is 2. The maximum atomic E-state index is 12.6. The van der Waals surface area contributed by atoms with Crippen LogP contribution in [-0.2, 0) is 20.9 Å². The Kier molecular flexibility index (Phi) is 9.33. The van der Waals surface area contributed by atoms with Crippen molar-refractivity contribution in [2.24, 2.45) is 0 Å². The molecule has 0 atom stereocenters. The molecule has 0 aliphatic heterocycles. The predicted molar refractivity (Wildman–Crippen MR) is 116 cm³/mol. The molecule has 31 heavy (non-hydrogen) atoms. The average molecular weight is 443 g/mol. The number of halogens is 1. The van der Waals surface area contributed by atoms with E-state index in [0.29, 0.717) is 17.3 Å². The van der Waals surface area contributed by atoms with E-state index in [1.165, 1.54) is 4.90 Å². The lowest BCUT2D eigenvalue weighted by molar-refractivity contribution is -0.146. The summed E-state index contributed by atoms with van der Waals surface area (Å²) < 4.78 is 4.97. The first-order valence-corrected chi connectivity index (χ1v) is 9.93. The third-order valence-corrected chi connectivity index (χ3v) is 4.67. The SMILES string of the molecule is Cc1cc(N(CCC#N)C(=O)COC(=O)CNC(=O)NCc2ccccc2)ccc1Cl. The minimum atomic E-state index is -0.754. The summed E-state index contributed by atoms with van der Waals surface area (Å²) in [5.74, 6) is -1.24. The van der Waals surface area contributed by atoms with Gasteiger partial charge in [-0.3, -0.25) is 9.59 Å². The number of nitriles is 1. The summed E-state index contributed by atoms with van der Waals surface area (Å²) in [5, 5.41) is 14.4. The summed E-state index contributed by atoms with van der Waals surface area (Å²) >= 11 is 6.02. The first kappa shape index (κ1) is 23.7. The summed E-state index contributed by atoms with van der Waals surface area (Å²) in [7, 11) is 0. The molecule has 0 saturated carbocycles. The minimum absolute atomic E-state index is 0.116. The first-order valence-electron chi connectivity index (χ1n) is 9.55. The molecule has 0 unspecified atom stereocenters. The quantitative estimate of drug-likeness (QED) is 0.580. The molecule has 0 spiro atoms. The number of urea groups is 1. The Labute approximate surface area is 185 Å². The van der Waals surface area contributed by atoms with E-state index in [1.54, 1.807) is 25.1 Å². The second kappa shape index (κ2) is 12.2. The Bertz CT molecular complexity index is 960. The number of nitrogens with one attached hydrogen (secondary N) is 2. The lowest BCUT2D eigenvalue weighted by atomic mass is 10.2. The van der Waals surface area contributed by atoms with Gasteiger partial charge in [-0.05, 0) is 36.2 Å². The second-order valence-corrected chi connectivity index (χ2v) is 6.98. The zero-order chi connectivity index (χ0) is 22.6. The molecule has 8 nitrogen and oxygen atoms in total. The molecule has 0 fully saturated rings. The van der Waals surface area contributed by atoms with Gasteiger partial charge in [0.2, 0.25) is 0 Å². The van der Waals surface area contributed by atoms with Gasteiger partial charge >= 0.3 is 12.0 Å². The van der Waals surface area contributed by atoms with Crippen molar-refractivity contribution >= 4 is 35.2 Å². The molecule has 2 rings (SSSR count). The maximum Gasteiger partial charge on any atom is 0.325 e. The van der Waals surface area contributed by atoms with Crippen molar-refractivity contribution in [3.05, 3.63) is 64.7 Å². The Balaban J connectivity index is 1.81. The van der Waals surface area contributed by atoms with E-state index < -0.39 is 24.5 Å². The van der Waals surface area contributed by atoms with Gasteiger partial charge in [-0.15, -0.1) is 0 Å². The van der Waals surface area contributed by atoms with Crippen LogP contribution >= 0.6 is 11.6 Å². The van der Waals surface area contributed by atoms with Gasteiger partial charge in [0.15, 0.2) is 6.61 Å². The molecule has 9 heteroatoms. The summed E-state index contributed by atoms with van der Waals surface area (Å²) in [6, 6.07) is 15.8. The summed E-state index contributed by atoms with van der Waals surface area (Å²) in [6.45, 7) is 1.36. The molecule has 2 aromatic carbocycles. The number of carbonyl (C=O) groups is 3. The second-order valence-electron chi connectivity index (χ2n) is 6.57. The van der Waals surface area contributed by atoms with Crippen LogP contribution in [0, 0.1) is 18.3 Å². The average Bonchev–Trinajstić information content (AvgIpc) is 2.78. The third kappa shape index (κ3) is 7.99. The number of esters is 1. The fourth-order valence-corrected chi connectivity index (χ4v) is 2.74. The van der Waals surface area contributed by atoms with Gasteiger partial charge in [-0.2, -0.15) is 5.26 Å². The molecule has 2 N–H and O–H groups in total. The predicted octanol–water partition coefficient (Wildman–Crippen LogP) is 2.94. The van der Waals surface area contributed by atoms with Gasteiger partial charge in [-0.1, -0.05) is 41.9 Å². The van der Waals surface area contributed by atoms with Crippen LogP contribution in [0.25, 0.3) is 0 Å². The smallest absolute Gasteiger partial charge is 0.325 e. The van der Waals surface area contributed by atoms with Crippen molar-refractivity contribution in [2.45, 2.75) is 19.9 Å². The number of amides is 3. The Morgan fingerprint density at radius 3 is 2.55 bits per heavy atom. The number of rotatable bonds is 9. The van der Waals surface area contributed by atoms with Gasteiger partial charge in [0.05, 0.1) is 12.5 Å². The summed E-state index contributed by atoms with van der Waals surface area (Å²) in [6.07, 6.45) is 0.116. The number of anilines is 1. The van der Waals surface area contributed by atoms with Crippen molar-refractivity contribution in [2.75, 3.05) is 24.6 Å². The topological polar surface area (TPSA) is 112 Å². The Morgan fingerprint density at radius 1 is 1.13 bits per heavy atom. The fourth-order valence-electron chi connectivity index (χ4n) is 2.62. The first-order chi connectivity index (χ1) is 14.9. The van der Waals surface area contributed by atoms with Crippen LogP contribution in [0.2, 0.25) is 5.02 Å². The molecule has 0 aliphatic carbocycles. The standard InChI is InChI=1S/C22H23ClN4O4/c1-16-12-18(8-9-19(16)23)27(11-5-10-24)20(28)15-31-21(29)14-26-22(30)25-13-17-6-3-2-4-7-17/h2-4,6-9,12H,5,11,13-15H2,1H3,(H2,25,26,30). The Morgan fingerprint density at radius 2 is 1.87 bits per heavy atom. The normalized spacial score (nSPS) is 9.97. The zero-order valence-corrected chi connectivity index (χ0v) is 17.8. The van der Waals surface area contributed by atoms with Crippen LogP contribution in [0.15, 0.2) is 48.5 Å². The molecule has 0 aromatic heterocycles. The zero-order valence-electron chi connectivity index (χ0n) is 17.1. The van der Waals surface area contributed by atoms with Crippen molar-refractivity contribution in [1.29, 1.82) is 5.26 Å². The molecule has 3 amide bonds. The molecule has 2 aromatic rings. The highest BCUT2D eigenvalue weighted by molar-refractivity contribution is 6.31. The highest BCUT2D eigenvalue weighted by atomic mass is 35.5. The molecule has 0 bridgehead atoms. The molecule has 0 aliphatic rings. The van der Waals surface area contributed by atoms with Gasteiger partial charge in [0.1, 0.15) is 6.54 Å². The van der Waals surface area contributed by atoms with Crippen LogP contribution in [-0.4, -0.2) is 37.6 Å². The molecular weight excluding hydrogens is 420 g/mol. The van der Waals surface area contributed by atoms with E-state index in [1.807, 2.05) is 36.4 Å². The van der Waals surface area contributed by atoms with E-state index in [9.17, 15) is 14.4 Å². The lowest BCUT2D eigenvalue weighted by Crippen LogP contribution is -2.40. The molecule has 0 radical (unpaired) electrons. The van der Waals surface area contributed by atoms with Crippen LogP contribution in [0.4, 0.5) is 10.5 Å². The number of aryl methyl sites for hydroxylation is 1. The summed E-state index contributed by atoms with van der Waals surface area (Å²) in [4.78, 5) is 37.6. The number of ether oxygens (including phenoxy) is 1. The van der Waals surface area contributed by atoms with Crippen molar-refractivity contribution in [3.63, 3.8) is 0 Å². The van der Waals surface area contributed by atoms with Crippen molar-refractivity contribution in [1.82, 2.24) is 10.6 Å². The number of hydrogen-bond donors (Lipinski definition) is 2. The molecule has 0 heterocycles. The minimum Gasteiger partial charge on any atom is -0.454 e. The fraction of sp³-hybridized carbons (Fsp3) is 0.273. The van der Waals surface area contributed by atoms with Gasteiger partial charge in [-0.25, -0.2) is 4.79 Å². The highest BCUT2D eigenvalue weighted by Crippen LogP contribution is 2.23. The maximum absolute atomic E-state index is 12.6. The van der Waals surface area contributed by atoms with E-state index >= 15 is 0 Å². The van der Waals surface area contributed by atoms with Gasteiger partial charge < -0.3 is 20.3 Å². The third-order valence-electron chi connectivity index (χ3n) is 4.25.